The number of oxazole rings is 1. The summed E-state index contributed by atoms with van der Waals surface area (Å²) in [5, 5.41) is 8.97. The van der Waals surface area contributed by atoms with E-state index in [2.05, 4.69) is 4.98 Å². The number of anilines is 1. The minimum absolute atomic E-state index is 0.223. The highest BCUT2D eigenvalue weighted by Gasteiger charge is 2.13. The molecule has 0 amide bonds. The average Bonchev–Trinajstić information content (AvgIpc) is 3.01. The summed E-state index contributed by atoms with van der Waals surface area (Å²) in [4.78, 5) is 17.4. The number of nitrogens with zero attached hydrogens (tertiary/aromatic N) is 2. The number of carboxylic acids is 1. The number of ether oxygens (including phenoxy) is 1. The lowest BCUT2D eigenvalue weighted by Crippen LogP contribution is -2.08. The van der Waals surface area contributed by atoms with Crippen molar-refractivity contribution in [2.45, 2.75) is 13.5 Å². The molecule has 1 N–H and O–H groups in total. The van der Waals surface area contributed by atoms with Crippen LogP contribution in [-0.2, 0) is 6.61 Å². The molecule has 0 saturated carbocycles. The second-order valence-corrected chi connectivity index (χ2v) is 6.08. The summed E-state index contributed by atoms with van der Waals surface area (Å²) in [6.07, 6.45) is 0. The van der Waals surface area contributed by atoms with Gasteiger partial charge in [-0.3, -0.25) is 0 Å². The quantitative estimate of drug-likeness (QED) is 0.723. The van der Waals surface area contributed by atoms with Gasteiger partial charge in [-0.05, 0) is 43.3 Å². The molecule has 0 aliphatic heterocycles. The molecule has 0 fully saturated rings. The topological polar surface area (TPSA) is 75.8 Å². The lowest BCUT2D eigenvalue weighted by molar-refractivity contribution is 0.0697. The van der Waals surface area contributed by atoms with Gasteiger partial charge in [0.25, 0.3) is 0 Å². The van der Waals surface area contributed by atoms with E-state index in [1.54, 1.807) is 12.1 Å². The minimum atomic E-state index is -0.964. The van der Waals surface area contributed by atoms with Crippen LogP contribution in [0.25, 0.3) is 11.5 Å². The molecule has 6 heteroatoms. The Bertz CT molecular complexity index is 914. The number of benzene rings is 2. The van der Waals surface area contributed by atoms with Gasteiger partial charge in [0.1, 0.15) is 23.8 Å². The summed E-state index contributed by atoms with van der Waals surface area (Å²) < 4.78 is 11.5. The highest BCUT2D eigenvalue weighted by Crippen LogP contribution is 2.24. The van der Waals surface area contributed by atoms with Crippen molar-refractivity contribution < 1.29 is 19.1 Å². The lowest BCUT2D eigenvalue weighted by atomic mass is 10.1. The first-order valence-electron chi connectivity index (χ1n) is 8.14. The van der Waals surface area contributed by atoms with Crippen LogP contribution >= 0.6 is 0 Å². The van der Waals surface area contributed by atoms with Crippen molar-refractivity contribution >= 4 is 11.7 Å². The predicted molar refractivity (Wildman–Crippen MR) is 98.7 cm³/mol. The Labute approximate surface area is 151 Å². The number of hydrogen-bond acceptors (Lipinski definition) is 5. The normalized spacial score (nSPS) is 10.6. The van der Waals surface area contributed by atoms with E-state index in [9.17, 15) is 4.79 Å². The fraction of sp³-hybridized carbons (Fsp3) is 0.200. The van der Waals surface area contributed by atoms with Gasteiger partial charge >= 0.3 is 5.97 Å². The van der Waals surface area contributed by atoms with Crippen molar-refractivity contribution in [3.05, 3.63) is 65.5 Å². The van der Waals surface area contributed by atoms with Gasteiger partial charge in [0.2, 0.25) is 5.89 Å². The van der Waals surface area contributed by atoms with Crippen molar-refractivity contribution in [3.63, 3.8) is 0 Å². The monoisotopic (exact) mass is 352 g/mol. The van der Waals surface area contributed by atoms with E-state index in [0.717, 1.165) is 17.0 Å². The lowest BCUT2D eigenvalue weighted by Gasteiger charge is -2.13. The van der Waals surface area contributed by atoms with Crippen LogP contribution in [0.1, 0.15) is 21.8 Å². The molecule has 0 bridgehead atoms. The van der Waals surface area contributed by atoms with Gasteiger partial charge in [0.15, 0.2) is 0 Å². The van der Waals surface area contributed by atoms with E-state index < -0.39 is 5.97 Å². The third kappa shape index (κ3) is 3.85. The number of rotatable bonds is 6. The molecule has 0 radical (unpaired) electrons. The van der Waals surface area contributed by atoms with Crippen LogP contribution in [0.2, 0.25) is 0 Å². The van der Waals surface area contributed by atoms with Crippen LogP contribution in [0.4, 0.5) is 5.69 Å². The van der Waals surface area contributed by atoms with Crippen molar-refractivity contribution in [2.75, 3.05) is 19.0 Å². The van der Waals surface area contributed by atoms with Crippen LogP contribution in [0, 0.1) is 6.92 Å². The van der Waals surface area contributed by atoms with Gasteiger partial charge in [0, 0.05) is 31.4 Å². The molecule has 0 aliphatic rings. The van der Waals surface area contributed by atoms with E-state index in [1.165, 1.54) is 12.1 Å². The number of hydrogen-bond donors (Lipinski definition) is 1. The van der Waals surface area contributed by atoms with Gasteiger partial charge < -0.3 is 19.2 Å². The van der Waals surface area contributed by atoms with Crippen molar-refractivity contribution in [1.82, 2.24) is 4.98 Å². The summed E-state index contributed by atoms with van der Waals surface area (Å²) >= 11 is 0. The van der Waals surface area contributed by atoms with Crippen LogP contribution in [-0.4, -0.2) is 30.2 Å². The average molecular weight is 352 g/mol. The molecule has 6 nitrogen and oxygen atoms in total. The Kier molecular flexibility index (Phi) is 4.93. The zero-order chi connectivity index (χ0) is 18.7. The van der Waals surface area contributed by atoms with Gasteiger partial charge in [0.05, 0.1) is 5.56 Å². The second-order valence-electron chi connectivity index (χ2n) is 6.08. The van der Waals surface area contributed by atoms with Gasteiger partial charge in [-0.15, -0.1) is 0 Å². The Balaban J connectivity index is 1.74. The first kappa shape index (κ1) is 17.5. The van der Waals surface area contributed by atoms with Gasteiger partial charge in [-0.25, -0.2) is 9.78 Å². The molecule has 0 spiro atoms. The zero-order valence-corrected chi connectivity index (χ0v) is 14.9. The standard InChI is InChI=1S/C20H20N2O4/c1-13-18(12-25-17-6-4-5-16(11-17)22(2)3)21-19(26-13)14-7-9-15(10-8-14)20(23)24/h4-11H,12H2,1-3H3,(H,23,24). The zero-order valence-electron chi connectivity index (χ0n) is 14.9. The maximum absolute atomic E-state index is 10.9. The molecular formula is C20H20N2O4. The van der Waals surface area contributed by atoms with E-state index in [0.29, 0.717) is 24.0 Å². The molecule has 3 rings (SSSR count). The highest BCUT2D eigenvalue weighted by molar-refractivity contribution is 5.88. The van der Waals surface area contributed by atoms with Crippen LogP contribution < -0.4 is 9.64 Å². The SMILES string of the molecule is Cc1oc(-c2ccc(C(=O)O)cc2)nc1COc1cccc(N(C)C)c1. The molecule has 0 atom stereocenters. The third-order valence-electron chi connectivity index (χ3n) is 3.98. The van der Waals surface area contributed by atoms with E-state index >= 15 is 0 Å². The maximum atomic E-state index is 10.9. The molecule has 1 aromatic heterocycles. The predicted octanol–water partition coefficient (Wildman–Crippen LogP) is 3.99. The molecule has 134 valence electrons. The minimum Gasteiger partial charge on any atom is -0.487 e. The summed E-state index contributed by atoms with van der Waals surface area (Å²) in [7, 11) is 3.95. The Hall–Kier alpha value is -3.28. The van der Waals surface area contributed by atoms with E-state index in [-0.39, 0.29) is 5.56 Å². The third-order valence-corrected chi connectivity index (χ3v) is 3.98. The van der Waals surface area contributed by atoms with E-state index in [1.807, 2.05) is 50.2 Å². The van der Waals surface area contributed by atoms with E-state index in [4.69, 9.17) is 14.3 Å². The van der Waals surface area contributed by atoms with Crippen molar-refractivity contribution in [2.24, 2.45) is 0 Å². The maximum Gasteiger partial charge on any atom is 0.335 e. The first-order valence-corrected chi connectivity index (χ1v) is 8.14. The summed E-state index contributed by atoms with van der Waals surface area (Å²) in [5.41, 5.74) is 2.71. The second kappa shape index (κ2) is 7.31. The van der Waals surface area contributed by atoms with Gasteiger partial charge in [-0.1, -0.05) is 6.07 Å². The van der Waals surface area contributed by atoms with Crippen molar-refractivity contribution in [3.8, 4) is 17.2 Å². The van der Waals surface area contributed by atoms with Crippen LogP contribution in [0.5, 0.6) is 5.75 Å². The van der Waals surface area contributed by atoms with Crippen LogP contribution in [0.15, 0.2) is 52.9 Å². The Morgan fingerprint density at radius 2 is 1.92 bits per heavy atom. The first-order chi connectivity index (χ1) is 12.4. The number of aromatic nitrogens is 1. The summed E-state index contributed by atoms with van der Waals surface area (Å²) in [5.74, 6) is 0.909. The van der Waals surface area contributed by atoms with Crippen molar-refractivity contribution in [1.29, 1.82) is 0 Å². The molecular weight excluding hydrogens is 332 g/mol. The molecule has 0 aliphatic carbocycles. The molecule has 0 unspecified atom stereocenters. The number of carboxylic acid groups (broad SMARTS) is 1. The number of aryl methyl sites for hydroxylation is 1. The molecule has 0 saturated heterocycles. The molecule has 26 heavy (non-hydrogen) atoms. The summed E-state index contributed by atoms with van der Waals surface area (Å²) in [6.45, 7) is 2.12. The highest BCUT2D eigenvalue weighted by atomic mass is 16.5. The molecule has 3 aromatic rings. The Morgan fingerprint density at radius 3 is 2.58 bits per heavy atom. The largest absolute Gasteiger partial charge is 0.487 e. The van der Waals surface area contributed by atoms with Crippen LogP contribution in [0.3, 0.4) is 0 Å². The fourth-order valence-corrected chi connectivity index (χ4v) is 2.44. The smallest absolute Gasteiger partial charge is 0.335 e. The molecule has 2 aromatic carbocycles. The number of aromatic carboxylic acids is 1. The summed E-state index contributed by atoms with van der Waals surface area (Å²) in [6, 6.07) is 14.2. The van der Waals surface area contributed by atoms with Gasteiger partial charge in [-0.2, -0.15) is 0 Å². The molecule has 1 heterocycles. The fourth-order valence-electron chi connectivity index (χ4n) is 2.44. The number of carbonyl (C=O) groups is 1. The Morgan fingerprint density at radius 1 is 1.19 bits per heavy atom.